The molecule has 9 heteroatoms. The molecule has 0 radical (unpaired) electrons. The molecular formula is C6H5BF5KN2. The third kappa shape index (κ3) is 2.82. The van der Waals surface area contributed by atoms with Crippen LogP contribution in [0.25, 0.3) is 0 Å². The van der Waals surface area contributed by atoms with Crippen LogP contribution in [-0.2, 0) is 0 Å². The van der Waals surface area contributed by atoms with Crippen LogP contribution in [0.1, 0.15) is 12.5 Å². The summed E-state index contributed by atoms with van der Waals surface area (Å²) in [5, 5.41) is 3.27. The van der Waals surface area contributed by atoms with Crippen LogP contribution >= 0.6 is 0 Å². The first-order valence-electron chi connectivity index (χ1n) is 3.92. The molecule has 0 aliphatic heterocycles. The van der Waals surface area contributed by atoms with E-state index in [2.05, 4.69) is 5.10 Å². The van der Waals surface area contributed by atoms with Crippen molar-refractivity contribution < 1.29 is 73.1 Å². The molecule has 2 nitrogen and oxygen atoms in total. The summed E-state index contributed by atoms with van der Waals surface area (Å²) >= 11 is 0. The van der Waals surface area contributed by atoms with Crippen molar-refractivity contribution in [1.82, 2.24) is 9.78 Å². The zero-order valence-electron chi connectivity index (χ0n) is 7.80. The van der Waals surface area contributed by atoms with Crippen molar-refractivity contribution in [3.8, 4) is 0 Å². The minimum Gasteiger partial charge on any atom is -0.445 e. The third-order valence-corrected chi connectivity index (χ3v) is 2.11. The largest absolute Gasteiger partial charge is 1.00 e. The quantitative estimate of drug-likeness (QED) is 0.462. The summed E-state index contributed by atoms with van der Waals surface area (Å²) in [6.45, 7) is -5.15. The first kappa shape index (κ1) is 13.6. The Balaban J connectivity index is 0.00000112. The topological polar surface area (TPSA) is 17.8 Å². The Kier molecular flexibility index (Phi) is 3.72. The number of hydrogen-bond donors (Lipinski definition) is 0. The molecule has 0 aromatic carbocycles. The molecule has 78 valence electrons. The Labute approximate surface area is 125 Å². The molecule has 1 saturated carbocycles. The molecule has 0 amide bonds. The van der Waals surface area contributed by atoms with Crippen molar-refractivity contribution in [2.75, 3.05) is 0 Å². The average Bonchev–Trinajstić information content (AvgIpc) is 2.48. The first-order valence-corrected chi connectivity index (χ1v) is 3.92. The standard InChI is InChI=1S/C6H5BF5N2.K/c8-6(9)1-5(6)14-3-4(2-13-14)7(10,11)12;/h2-3,5H,1H2;/q-1;+1. The van der Waals surface area contributed by atoms with E-state index in [0.29, 0.717) is 17.1 Å². The molecule has 0 saturated heterocycles. The summed E-state index contributed by atoms with van der Waals surface area (Å²) in [5.74, 6) is -2.90. The monoisotopic (exact) mass is 250 g/mol. The molecule has 0 bridgehead atoms. The molecule has 2 rings (SSSR count). The van der Waals surface area contributed by atoms with Gasteiger partial charge < -0.3 is 12.9 Å². The van der Waals surface area contributed by atoms with Gasteiger partial charge in [-0.25, -0.2) is 8.78 Å². The van der Waals surface area contributed by atoms with Gasteiger partial charge in [-0.1, -0.05) is 5.46 Å². The fraction of sp³-hybridized carbons (Fsp3) is 0.500. The van der Waals surface area contributed by atoms with Gasteiger partial charge in [0.2, 0.25) is 0 Å². The fourth-order valence-corrected chi connectivity index (χ4v) is 1.18. The second-order valence-corrected chi connectivity index (χ2v) is 3.31. The molecule has 0 spiro atoms. The third-order valence-electron chi connectivity index (χ3n) is 2.11. The van der Waals surface area contributed by atoms with Crippen LogP contribution < -0.4 is 56.8 Å². The predicted molar refractivity (Wildman–Crippen MR) is 39.5 cm³/mol. The van der Waals surface area contributed by atoms with E-state index < -0.39 is 30.8 Å². The van der Waals surface area contributed by atoms with Gasteiger partial charge >= 0.3 is 58.4 Å². The first-order chi connectivity index (χ1) is 6.31. The van der Waals surface area contributed by atoms with Crippen molar-refractivity contribution in [2.45, 2.75) is 18.4 Å². The Morgan fingerprint density at radius 3 is 2.27 bits per heavy atom. The summed E-state index contributed by atoms with van der Waals surface area (Å²) < 4.78 is 61.9. The van der Waals surface area contributed by atoms with E-state index in [1.54, 1.807) is 0 Å². The second kappa shape index (κ2) is 4.10. The molecule has 1 aliphatic carbocycles. The fourth-order valence-electron chi connectivity index (χ4n) is 1.18. The van der Waals surface area contributed by atoms with E-state index in [-0.39, 0.29) is 51.4 Å². The van der Waals surface area contributed by atoms with Gasteiger partial charge in [0.05, 0.1) is 0 Å². The summed E-state index contributed by atoms with van der Waals surface area (Å²) in [4.78, 5) is 0. The van der Waals surface area contributed by atoms with Crippen LogP contribution in [0.15, 0.2) is 12.4 Å². The van der Waals surface area contributed by atoms with Crippen molar-refractivity contribution in [3.05, 3.63) is 12.4 Å². The van der Waals surface area contributed by atoms with E-state index in [4.69, 9.17) is 0 Å². The predicted octanol–water partition coefficient (Wildman–Crippen LogP) is -1.48. The number of rotatable bonds is 2. The van der Waals surface area contributed by atoms with Gasteiger partial charge in [-0.2, -0.15) is 5.10 Å². The molecule has 15 heavy (non-hydrogen) atoms. The van der Waals surface area contributed by atoms with E-state index in [1.165, 1.54) is 0 Å². The molecule has 1 aromatic heterocycles. The van der Waals surface area contributed by atoms with Crippen LogP contribution in [0.4, 0.5) is 21.7 Å². The Bertz CT molecular complexity index is 363. The summed E-state index contributed by atoms with van der Waals surface area (Å²) in [5.41, 5.74) is -0.937. The Hall–Kier alpha value is 0.561. The van der Waals surface area contributed by atoms with Crippen LogP contribution in [0.5, 0.6) is 0 Å². The maximum atomic E-state index is 12.5. The average molecular weight is 250 g/mol. The number of hydrogen-bond acceptors (Lipinski definition) is 1. The van der Waals surface area contributed by atoms with Crippen molar-refractivity contribution in [1.29, 1.82) is 0 Å². The Morgan fingerprint density at radius 1 is 1.40 bits per heavy atom. The number of nitrogens with zero attached hydrogens (tertiary/aromatic N) is 2. The second-order valence-electron chi connectivity index (χ2n) is 3.31. The molecular weight excluding hydrogens is 245 g/mol. The van der Waals surface area contributed by atoms with Crippen LogP contribution in [-0.4, -0.2) is 22.7 Å². The maximum absolute atomic E-state index is 12.5. The van der Waals surface area contributed by atoms with Crippen molar-refractivity contribution in [3.63, 3.8) is 0 Å². The zero-order chi connectivity index (χ0) is 10.6. The smallest absolute Gasteiger partial charge is 0.445 e. The van der Waals surface area contributed by atoms with Gasteiger partial charge in [-0.05, 0) is 6.20 Å². The molecule has 1 aromatic rings. The minimum absolute atomic E-state index is 0. The SMILES string of the molecule is F[B-](F)(F)c1cnn(C2CC2(F)F)c1.[K+]. The van der Waals surface area contributed by atoms with Gasteiger partial charge in [-0.3, -0.25) is 4.68 Å². The minimum atomic E-state index is -5.15. The maximum Gasteiger partial charge on any atom is 1.00 e. The van der Waals surface area contributed by atoms with E-state index in [1.807, 2.05) is 0 Å². The Morgan fingerprint density at radius 2 is 1.93 bits per heavy atom. The number of aromatic nitrogens is 2. The van der Waals surface area contributed by atoms with Crippen molar-refractivity contribution >= 4 is 12.4 Å². The normalized spacial score (nSPS) is 23.4. The molecule has 1 aliphatic rings. The van der Waals surface area contributed by atoms with E-state index in [9.17, 15) is 21.7 Å². The van der Waals surface area contributed by atoms with Gasteiger partial charge in [0.1, 0.15) is 6.04 Å². The molecule has 1 heterocycles. The van der Waals surface area contributed by atoms with Gasteiger partial charge in [-0.15, -0.1) is 0 Å². The number of alkyl halides is 2. The van der Waals surface area contributed by atoms with Gasteiger partial charge in [0, 0.05) is 12.6 Å². The molecule has 1 unspecified atom stereocenters. The van der Waals surface area contributed by atoms with Crippen molar-refractivity contribution in [2.24, 2.45) is 0 Å². The van der Waals surface area contributed by atoms with Gasteiger partial charge in [0.15, 0.2) is 0 Å². The molecule has 1 fully saturated rings. The van der Waals surface area contributed by atoms with E-state index >= 15 is 0 Å². The zero-order valence-corrected chi connectivity index (χ0v) is 10.9. The van der Waals surface area contributed by atoms with Crippen LogP contribution in [0, 0.1) is 0 Å². The van der Waals surface area contributed by atoms with Crippen LogP contribution in [0.3, 0.4) is 0 Å². The summed E-state index contributed by atoms with van der Waals surface area (Å²) in [7, 11) is 0. The summed E-state index contributed by atoms with van der Waals surface area (Å²) in [6, 6.07) is -1.20. The van der Waals surface area contributed by atoms with Gasteiger partial charge in [0.25, 0.3) is 5.92 Å². The van der Waals surface area contributed by atoms with E-state index in [0.717, 1.165) is 0 Å². The van der Waals surface area contributed by atoms with Crippen LogP contribution in [0.2, 0.25) is 0 Å². The molecule has 0 N–H and O–H groups in total. The summed E-state index contributed by atoms with van der Waals surface area (Å²) in [6.07, 6.45) is 0.777. The molecule has 1 atom stereocenters. The number of halogens is 5.